The van der Waals surface area contributed by atoms with Crippen LogP contribution >= 0.6 is 0 Å². The van der Waals surface area contributed by atoms with Gasteiger partial charge < -0.3 is 10.4 Å². The molecule has 1 heterocycles. The summed E-state index contributed by atoms with van der Waals surface area (Å²) in [6, 6.07) is 3.00. The van der Waals surface area contributed by atoms with E-state index in [9.17, 15) is 9.59 Å². The maximum atomic E-state index is 11.7. The number of hydrogen-bond acceptors (Lipinski definition) is 3. The molecule has 18 heavy (non-hydrogen) atoms. The second kappa shape index (κ2) is 5.62. The van der Waals surface area contributed by atoms with E-state index in [0.29, 0.717) is 12.8 Å². The molecular weight excluding hydrogens is 232 g/mol. The molecule has 1 aromatic heterocycles. The molecule has 1 aliphatic carbocycles. The minimum Gasteiger partial charge on any atom is -0.480 e. The number of aromatic nitrogens is 1. The zero-order valence-electron chi connectivity index (χ0n) is 10.0. The first-order valence-electron chi connectivity index (χ1n) is 6.08. The standard InChI is InChI=1S/C13H16N2O3/c16-11(6-3-9-2-1-7-14-8-9)15-12(13(17)18)10-4-5-10/h1-2,7-8,10,12H,3-6H2,(H,15,16)(H,17,18). The van der Waals surface area contributed by atoms with Crippen LogP contribution in [0.1, 0.15) is 24.8 Å². The van der Waals surface area contributed by atoms with E-state index < -0.39 is 12.0 Å². The number of pyridine rings is 1. The van der Waals surface area contributed by atoms with Gasteiger partial charge in [0.15, 0.2) is 0 Å². The van der Waals surface area contributed by atoms with Crippen LogP contribution in [-0.2, 0) is 16.0 Å². The number of carboxylic acid groups (broad SMARTS) is 1. The Morgan fingerprint density at radius 2 is 2.28 bits per heavy atom. The fourth-order valence-electron chi connectivity index (χ4n) is 1.86. The van der Waals surface area contributed by atoms with Crippen LogP contribution in [-0.4, -0.2) is 28.0 Å². The third-order valence-corrected chi connectivity index (χ3v) is 3.04. The predicted octanol–water partition coefficient (Wildman–Crippen LogP) is 0.994. The molecule has 0 radical (unpaired) electrons. The summed E-state index contributed by atoms with van der Waals surface area (Å²) in [6.45, 7) is 0. The van der Waals surface area contributed by atoms with Crippen LogP contribution in [0.4, 0.5) is 0 Å². The van der Waals surface area contributed by atoms with Gasteiger partial charge in [0, 0.05) is 18.8 Å². The van der Waals surface area contributed by atoms with Gasteiger partial charge in [-0.2, -0.15) is 0 Å². The van der Waals surface area contributed by atoms with Crippen LogP contribution in [0.25, 0.3) is 0 Å². The van der Waals surface area contributed by atoms with Gasteiger partial charge in [-0.15, -0.1) is 0 Å². The maximum absolute atomic E-state index is 11.7. The minimum absolute atomic E-state index is 0.116. The average Bonchev–Trinajstić information content (AvgIpc) is 3.18. The molecule has 1 unspecified atom stereocenters. The molecule has 0 aliphatic heterocycles. The summed E-state index contributed by atoms with van der Waals surface area (Å²) in [5, 5.41) is 11.6. The molecule has 0 bridgehead atoms. The number of carboxylic acids is 1. The first-order valence-corrected chi connectivity index (χ1v) is 6.08. The van der Waals surface area contributed by atoms with Crippen molar-refractivity contribution < 1.29 is 14.7 Å². The second-order valence-electron chi connectivity index (χ2n) is 4.58. The largest absolute Gasteiger partial charge is 0.480 e. The third kappa shape index (κ3) is 3.55. The van der Waals surface area contributed by atoms with Crippen LogP contribution in [0, 0.1) is 5.92 Å². The lowest BCUT2D eigenvalue weighted by molar-refractivity contribution is -0.142. The lowest BCUT2D eigenvalue weighted by Crippen LogP contribution is -2.42. The van der Waals surface area contributed by atoms with Crippen molar-refractivity contribution in [3.8, 4) is 0 Å². The molecule has 1 aromatic rings. The van der Waals surface area contributed by atoms with Crippen molar-refractivity contribution in [1.29, 1.82) is 0 Å². The smallest absolute Gasteiger partial charge is 0.326 e. The number of nitrogens with one attached hydrogen (secondary N) is 1. The first-order chi connectivity index (χ1) is 8.66. The topological polar surface area (TPSA) is 79.3 Å². The van der Waals surface area contributed by atoms with Crippen LogP contribution in [0.3, 0.4) is 0 Å². The van der Waals surface area contributed by atoms with Crippen molar-refractivity contribution in [2.75, 3.05) is 0 Å². The Labute approximate surface area is 105 Å². The van der Waals surface area contributed by atoms with E-state index in [1.165, 1.54) is 0 Å². The van der Waals surface area contributed by atoms with Crippen molar-refractivity contribution in [2.24, 2.45) is 5.92 Å². The molecular formula is C13H16N2O3. The summed E-state index contributed by atoms with van der Waals surface area (Å²) >= 11 is 0. The summed E-state index contributed by atoms with van der Waals surface area (Å²) in [7, 11) is 0. The number of nitrogens with zero attached hydrogens (tertiary/aromatic N) is 1. The van der Waals surface area contributed by atoms with Crippen molar-refractivity contribution in [1.82, 2.24) is 10.3 Å². The fourth-order valence-corrected chi connectivity index (χ4v) is 1.86. The molecule has 5 nitrogen and oxygen atoms in total. The molecule has 2 N–H and O–H groups in total. The number of hydrogen-bond donors (Lipinski definition) is 2. The van der Waals surface area contributed by atoms with Gasteiger partial charge in [-0.05, 0) is 36.8 Å². The Bertz CT molecular complexity index is 429. The minimum atomic E-state index is -0.938. The molecule has 1 aliphatic rings. The van der Waals surface area contributed by atoms with E-state index in [4.69, 9.17) is 5.11 Å². The fraction of sp³-hybridized carbons (Fsp3) is 0.462. The molecule has 1 saturated carbocycles. The summed E-state index contributed by atoms with van der Waals surface area (Å²) in [4.78, 5) is 26.6. The van der Waals surface area contributed by atoms with E-state index in [1.807, 2.05) is 12.1 Å². The highest BCUT2D eigenvalue weighted by molar-refractivity contribution is 5.84. The maximum Gasteiger partial charge on any atom is 0.326 e. The van der Waals surface area contributed by atoms with Gasteiger partial charge >= 0.3 is 5.97 Å². The number of aliphatic carboxylic acids is 1. The Morgan fingerprint density at radius 3 is 2.83 bits per heavy atom. The third-order valence-electron chi connectivity index (χ3n) is 3.04. The van der Waals surface area contributed by atoms with E-state index in [-0.39, 0.29) is 11.8 Å². The Hall–Kier alpha value is -1.91. The summed E-state index contributed by atoms with van der Waals surface area (Å²) in [6.07, 6.45) is 6.04. The van der Waals surface area contributed by atoms with Gasteiger partial charge in [0.25, 0.3) is 0 Å². The van der Waals surface area contributed by atoms with Crippen LogP contribution in [0.15, 0.2) is 24.5 Å². The Balaban J connectivity index is 1.79. The number of amides is 1. The molecule has 96 valence electrons. The van der Waals surface area contributed by atoms with Gasteiger partial charge in [-0.25, -0.2) is 4.79 Å². The molecule has 5 heteroatoms. The van der Waals surface area contributed by atoms with Crippen molar-refractivity contribution >= 4 is 11.9 Å². The molecule has 2 rings (SSSR count). The zero-order valence-corrected chi connectivity index (χ0v) is 10.0. The molecule has 0 spiro atoms. The number of rotatable bonds is 6. The average molecular weight is 248 g/mol. The van der Waals surface area contributed by atoms with E-state index in [1.54, 1.807) is 12.4 Å². The first kappa shape index (κ1) is 12.5. The van der Waals surface area contributed by atoms with Crippen molar-refractivity contribution in [3.05, 3.63) is 30.1 Å². The van der Waals surface area contributed by atoms with Gasteiger partial charge in [-0.3, -0.25) is 9.78 Å². The SMILES string of the molecule is O=C(CCc1cccnc1)NC(C(=O)O)C1CC1. The van der Waals surface area contributed by atoms with E-state index >= 15 is 0 Å². The second-order valence-corrected chi connectivity index (χ2v) is 4.58. The molecule has 1 amide bonds. The van der Waals surface area contributed by atoms with Crippen LogP contribution < -0.4 is 5.32 Å². The van der Waals surface area contributed by atoms with Crippen molar-refractivity contribution in [3.63, 3.8) is 0 Å². The predicted molar refractivity (Wildman–Crippen MR) is 64.8 cm³/mol. The highest BCUT2D eigenvalue weighted by Gasteiger charge is 2.37. The van der Waals surface area contributed by atoms with Gasteiger partial charge in [0.1, 0.15) is 6.04 Å². The lowest BCUT2D eigenvalue weighted by atomic mass is 10.1. The van der Waals surface area contributed by atoms with Crippen LogP contribution in [0.5, 0.6) is 0 Å². The van der Waals surface area contributed by atoms with E-state index in [0.717, 1.165) is 18.4 Å². The highest BCUT2D eigenvalue weighted by atomic mass is 16.4. The van der Waals surface area contributed by atoms with Crippen molar-refractivity contribution in [2.45, 2.75) is 31.7 Å². The monoisotopic (exact) mass is 248 g/mol. The lowest BCUT2D eigenvalue weighted by Gasteiger charge is -2.13. The zero-order chi connectivity index (χ0) is 13.0. The Morgan fingerprint density at radius 1 is 1.50 bits per heavy atom. The van der Waals surface area contributed by atoms with Crippen LogP contribution in [0.2, 0.25) is 0 Å². The van der Waals surface area contributed by atoms with E-state index in [2.05, 4.69) is 10.3 Å². The summed E-state index contributed by atoms with van der Waals surface area (Å²) in [5.41, 5.74) is 0.978. The molecule has 0 saturated heterocycles. The highest BCUT2D eigenvalue weighted by Crippen LogP contribution is 2.32. The summed E-state index contributed by atoms with van der Waals surface area (Å²) in [5.74, 6) is -1.03. The normalized spacial score (nSPS) is 16.0. The quantitative estimate of drug-likeness (QED) is 0.787. The molecule has 1 fully saturated rings. The Kier molecular flexibility index (Phi) is 3.92. The van der Waals surface area contributed by atoms with Gasteiger partial charge in [0.05, 0.1) is 0 Å². The number of aryl methyl sites for hydroxylation is 1. The number of carbonyl (C=O) groups excluding carboxylic acids is 1. The van der Waals surface area contributed by atoms with Gasteiger partial charge in [-0.1, -0.05) is 6.07 Å². The van der Waals surface area contributed by atoms with Gasteiger partial charge in [0.2, 0.25) is 5.91 Å². The molecule has 0 aromatic carbocycles. The summed E-state index contributed by atoms with van der Waals surface area (Å²) < 4.78 is 0. The molecule has 1 atom stereocenters. The number of carbonyl (C=O) groups is 2.